The van der Waals surface area contributed by atoms with Crippen molar-refractivity contribution in [1.82, 2.24) is 0 Å². The number of benzene rings is 1. The fourth-order valence-corrected chi connectivity index (χ4v) is 2.58. The molecule has 0 fully saturated rings. The van der Waals surface area contributed by atoms with Gasteiger partial charge in [-0.3, -0.25) is 0 Å². The van der Waals surface area contributed by atoms with Crippen LogP contribution in [0.4, 0.5) is 14.5 Å². The molecule has 1 atom stereocenters. The number of halogens is 3. The van der Waals surface area contributed by atoms with Crippen LogP contribution < -0.4 is 5.32 Å². The minimum Gasteiger partial charge on any atom is -0.466 e. The molecule has 2 nitrogen and oxygen atoms in total. The normalized spacial score (nSPS) is 12.5. The molecule has 0 spiro atoms. The van der Waals surface area contributed by atoms with Crippen LogP contribution >= 0.6 is 15.9 Å². The lowest BCUT2D eigenvalue weighted by Gasteiger charge is -2.16. The molecule has 1 unspecified atom stereocenters. The fraction of sp³-hybridized carbons (Fsp3) is 0.286. The summed E-state index contributed by atoms with van der Waals surface area (Å²) in [6.07, 6.45) is 0. The monoisotopic (exact) mass is 329 g/mol. The first-order valence-corrected chi connectivity index (χ1v) is 6.65. The summed E-state index contributed by atoms with van der Waals surface area (Å²) in [5.41, 5.74) is 1.19. The Morgan fingerprint density at radius 2 is 1.89 bits per heavy atom. The maximum atomic E-state index is 13.7. The van der Waals surface area contributed by atoms with Gasteiger partial charge in [0.05, 0.1) is 11.7 Å². The number of aryl methyl sites for hydroxylation is 2. The lowest BCUT2D eigenvalue weighted by molar-refractivity contribution is 0.499. The lowest BCUT2D eigenvalue weighted by Crippen LogP contribution is -2.09. The number of anilines is 1. The van der Waals surface area contributed by atoms with Crippen LogP contribution in [0.2, 0.25) is 0 Å². The van der Waals surface area contributed by atoms with E-state index in [4.69, 9.17) is 4.42 Å². The Balaban J connectivity index is 2.29. The summed E-state index contributed by atoms with van der Waals surface area (Å²) < 4.78 is 32.6. The molecule has 2 rings (SSSR count). The van der Waals surface area contributed by atoms with E-state index < -0.39 is 11.6 Å². The van der Waals surface area contributed by atoms with Crippen LogP contribution in [0.5, 0.6) is 0 Å². The van der Waals surface area contributed by atoms with Gasteiger partial charge >= 0.3 is 0 Å². The van der Waals surface area contributed by atoms with Crippen molar-refractivity contribution in [1.29, 1.82) is 0 Å². The van der Waals surface area contributed by atoms with Crippen molar-refractivity contribution >= 4 is 21.6 Å². The highest BCUT2D eigenvalue weighted by Crippen LogP contribution is 2.31. The van der Waals surface area contributed by atoms with Crippen LogP contribution in [0, 0.1) is 25.5 Å². The molecular formula is C14H14BrF2NO. The Labute approximate surface area is 118 Å². The third-order valence-corrected chi connectivity index (χ3v) is 3.54. The van der Waals surface area contributed by atoms with E-state index in [9.17, 15) is 8.78 Å². The molecule has 0 radical (unpaired) electrons. The molecule has 0 bridgehead atoms. The van der Waals surface area contributed by atoms with Crippen molar-refractivity contribution in [2.75, 3.05) is 5.32 Å². The molecule has 0 aliphatic carbocycles. The zero-order valence-corrected chi connectivity index (χ0v) is 12.4. The topological polar surface area (TPSA) is 25.2 Å². The van der Waals surface area contributed by atoms with Gasteiger partial charge in [0.25, 0.3) is 0 Å². The predicted molar refractivity (Wildman–Crippen MR) is 74.3 cm³/mol. The molecule has 102 valence electrons. The molecule has 1 aromatic heterocycles. The molecule has 0 saturated heterocycles. The van der Waals surface area contributed by atoms with Crippen LogP contribution in [-0.2, 0) is 0 Å². The van der Waals surface area contributed by atoms with E-state index in [1.807, 2.05) is 26.8 Å². The van der Waals surface area contributed by atoms with E-state index in [2.05, 4.69) is 21.2 Å². The number of nitrogens with one attached hydrogen (secondary N) is 1. The molecule has 0 saturated carbocycles. The van der Waals surface area contributed by atoms with Gasteiger partial charge in [-0.05, 0) is 48.8 Å². The third-order valence-electron chi connectivity index (χ3n) is 2.91. The van der Waals surface area contributed by atoms with Gasteiger partial charge in [-0.25, -0.2) is 8.78 Å². The first-order valence-electron chi connectivity index (χ1n) is 5.86. The number of furan rings is 1. The molecule has 0 amide bonds. The van der Waals surface area contributed by atoms with Crippen molar-refractivity contribution in [2.45, 2.75) is 26.8 Å². The highest BCUT2D eigenvalue weighted by Gasteiger charge is 2.16. The minimum atomic E-state index is -0.628. The second kappa shape index (κ2) is 5.33. The Kier molecular flexibility index (Phi) is 3.94. The van der Waals surface area contributed by atoms with Gasteiger partial charge in [0, 0.05) is 16.1 Å². The van der Waals surface area contributed by atoms with Crippen LogP contribution in [0.3, 0.4) is 0 Å². The van der Waals surface area contributed by atoms with Gasteiger partial charge in [0.15, 0.2) is 0 Å². The van der Waals surface area contributed by atoms with E-state index >= 15 is 0 Å². The largest absolute Gasteiger partial charge is 0.466 e. The minimum absolute atomic E-state index is 0.145. The quantitative estimate of drug-likeness (QED) is 0.846. The Hall–Kier alpha value is -1.36. The maximum absolute atomic E-state index is 13.7. The predicted octanol–water partition coefficient (Wildman–Crippen LogP) is 5.11. The summed E-state index contributed by atoms with van der Waals surface area (Å²) in [5, 5.41) is 3.03. The van der Waals surface area contributed by atoms with Gasteiger partial charge < -0.3 is 9.73 Å². The molecule has 1 heterocycles. The molecule has 1 N–H and O–H groups in total. The van der Waals surface area contributed by atoms with Crippen molar-refractivity contribution in [3.8, 4) is 0 Å². The van der Waals surface area contributed by atoms with E-state index in [1.54, 1.807) is 0 Å². The number of hydrogen-bond acceptors (Lipinski definition) is 2. The van der Waals surface area contributed by atoms with E-state index in [0.717, 1.165) is 23.2 Å². The zero-order valence-electron chi connectivity index (χ0n) is 10.9. The van der Waals surface area contributed by atoms with Gasteiger partial charge in [-0.1, -0.05) is 0 Å². The average Bonchev–Trinajstić information content (AvgIpc) is 2.62. The van der Waals surface area contributed by atoms with Gasteiger partial charge in [-0.15, -0.1) is 0 Å². The highest BCUT2D eigenvalue weighted by atomic mass is 79.9. The maximum Gasteiger partial charge on any atom is 0.150 e. The van der Waals surface area contributed by atoms with Crippen molar-refractivity contribution in [3.05, 3.63) is 51.4 Å². The summed E-state index contributed by atoms with van der Waals surface area (Å²) in [4.78, 5) is 0. The number of rotatable bonds is 3. The fourth-order valence-electron chi connectivity index (χ4n) is 2.05. The van der Waals surface area contributed by atoms with E-state index in [-0.39, 0.29) is 11.7 Å². The molecular weight excluding hydrogens is 316 g/mol. The highest BCUT2D eigenvalue weighted by molar-refractivity contribution is 9.10. The van der Waals surface area contributed by atoms with Crippen molar-refractivity contribution in [3.63, 3.8) is 0 Å². The second-order valence-corrected chi connectivity index (χ2v) is 5.33. The molecule has 2 aromatic rings. The average molecular weight is 330 g/mol. The van der Waals surface area contributed by atoms with E-state index in [0.29, 0.717) is 4.47 Å². The van der Waals surface area contributed by atoms with E-state index in [1.165, 1.54) is 6.07 Å². The van der Waals surface area contributed by atoms with Crippen molar-refractivity contribution < 1.29 is 13.2 Å². The Bertz CT molecular complexity index is 586. The molecule has 5 heteroatoms. The smallest absolute Gasteiger partial charge is 0.150 e. The van der Waals surface area contributed by atoms with Crippen LogP contribution in [-0.4, -0.2) is 0 Å². The Morgan fingerprint density at radius 3 is 2.42 bits per heavy atom. The molecule has 19 heavy (non-hydrogen) atoms. The molecule has 0 aliphatic heterocycles. The summed E-state index contributed by atoms with van der Waals surface area (Å²) in [7, 11) is 0. The zero-order chi connectivity index (χ0) is 14.2. The van der Waals surface area contributed by atoms with Gasteiger partial charge in [0.1, 0.15) is 23.2 Å². The first kappa shape index (κ1) is 14.1. The summed E-state index contributed by atoms with van der Waals surface area (Å²) in [6.45, 7) is 5.61. The summed E-state index contributed by atoms with van der Waals surface area (Å²) >= 11 is 3.16. The first-order chi connectivity index (χ1) is 8.88. The Morgan fingerprint density at radius 1 is 1.21 bits per heavy atom. The van der Waals surface area contributed by atoms with Crippen molar-refractivity contribution in [2.24, 2.45) is 0 Å². The van der Waals surface area contributed by atoms with Crippen LogP contribution in [0.25, 0.3) is 0 Å². The second-order valence-electron chi connectivity index (χ2n) is 4.48. The van der Waals surface area contributed by atoms with Gasteiger partial charge in [0.2, 0.25) is 0 Å². The SMILES string of the molecule is Cc1cc(C(C)Nc2c(F)cc(F)cc2Br)c(C)o1. The molecule has 1 aromatic carbocycles. The summed E-state index contributed by atoms with van der Waals surface area (Å²) in [5.74, 6) is 0.352. The number of hydrogen-bond donors (Lipinski definition) is 1. The van der Waals surface area contributed by atoms with Crippen LogP contribution in [0.15, 0.2) is 27.1 Å². The lowest BCUT2D eigenvalue weighted by atomic mass is 10.1. The van der Waals surface area contributed by atoms with Crippen LogP contribution in [0.1, 0.15) is 30.0 Å². The molecule has 0 aliphatic rings. The third kappa shape index (κ3) is 2.97. The van der Waals surface area contributed by atoms with Gasteiger partial charge in [-0.2, -0.15) is 0 Å². The summed E-state index contributed by atoms with van der Waals surface area (Å²) in [6, 6.07) is 3.84. The standard InChI is InChI=1S/C14H14BrF2NO/c1-7-4-11(9(3)19-7)8(2)18-14-12(15)5-10(16)6-13(14)17/h4-6,8,18H,1-3H3.